The number of hydrogen-bond donors (Lipinski definition) is 2. The Labute approximate surface area is 118 Å². The van der Waals surface area contributed by atoms with E-state index >= 15 is 0 Å². The maximum Gasteiger partial charge on any atom is 0.266 e. The van der Waals surface area contributed by atoms with Crippen molar-refractivity contribution < 1.29 is 13.2 Å². The van der Waals surface area contributed by atoms with Crippen molar-refractivity contribution in [3.63, 3.8) is 0 Å². The summed E-state index contributed by atoms with van der Waals surface area (Å²) in [6, 6.07) is 5.20. The molecule has 2 N–H and O–H groups in total. The Morgan fingerprint density at radius 3 is 2.75 bits per heavy atom. The van der Waals surface area contributed by atoms with Gasteiger partial charge in [0.05, 0.1) is 18.8 Å². The highest BCUT2D eigenvalue weighted by molar-refractivity contribution is 7.90. The molecule has 1 aromatic rings. The summed E-state index contributed by atoms with van der Waals surface area (Å²) in [6.45, 7) is 0.811. The molecule has 7 nitrogen and oxygen atoms in total. The molecule has 0 spiro atoms. The Morgan fingerprint density at radius 1 is 1.35 bits per heavy atom. The fourth-order valence-electron chi connectivity index (χ4n) is 1.77. The van der Waals surface area contributed by atoms with E-state index in [1.54, 1.807) is 19.2 Å². The third kappa shape index (κ3) is 3.02. The van der Waals surface area contributed by atoms with Crippen LogP contribution in [-0.4, -0.2) is 48.7 Å². The van der Waals surface area contributed by atoms with Crippen LogP contribution < -0.4 is 14.9 Å². The SMILES string of the molecule is COCCN=C1Nc2ccc(N(C)C)cc2S(=O)(=O)N1. The molecular formula is C12H18N4O3S. The molecule has 1 aliphatic rings. The van der Waals surface area contributed by atoms with Crippen molar-refractivity contribution in [2.45, 2.75) is 4.90 Å². The van der Waals surface area contributed by atoms with Crippen molar-refractivity contribution in [1.29, 1.82) is 0 Å². The molecule has 0 unspecified atom stereocenters. The minimum absolute atomic E-state index is 0.215. The van der Waals surface area contributed by atoms with Crippen LogP contribution >= 0.6 is 0 Å². The van der Waals surface area contributed by atoms with Crippen LogP contribution in [0.3, 0.4) is 0 Å². The highest BCUT2D eigenvalue weighted by Crippen LogP contribution is 2.28. The molecule has 0 radical (unpaired) electrons. The Hall–Kier alpha value is -1.80. The van der Waals surface area contributed by atoms with Gasteiger partial charge in [-0.2, -0.15) is 0 Å². The predicted molar refractivity (Wildman–Crippen MR) is 78.9 cm³/mol. The van der Waals surface area contributed by atoms with Gasteiger partial charge in [-0.15, -0.1) is 0 Å². The second-order valence-electron chi connectivity index (χ2n) is 4.53. The molecule has 0 fully saturated rings. The van der Waals surface area contributed by atoms with Crippen molar-refractivity contribution in [2.24, 2.45) is 4.99 Å². The van der Waals surface area contributed by atoms with Crippen LogP contribution in [0.1, 0.15) is 0 Å². The highest BCUT2D eigenvalue weighted by Gasteiger charge is 2.26. The quantitative estimate of drug-likeness (QED) is 0.789. The monoisotopic (exact) mass is 298 g/mol. The lowest BCUT2D eigenvalue weighted by molar-refractivity contribution is 0.208. The first-order chi connectivity index (χ1) is 9.44. The molecule has 0 saturated carbocycles. The summed E-state index contributed by atoms with van der Waals surface area (Å²) in [5.41, 5.74) is 1.33. The van der Waals surface area contributed by atoms with Crippen LogP contribution in [0.2, 0.25) is 0 Å². The van der Waals surface area contributed by atoms with E-state index in [4.69, 9.17) is 4.74 Å². The van der Waals surface area contributed by atoms with Gasteiger partial charge < -0.3 is 15.0 Å². The number of anilines is 2. The van der Waals surface area contributed by atoms with Crippen LogP contribution in [-0.2, 0) is 14.8 Å². The van der Waals surface area contributed by atoms with Gasteiger partial charge in [-0.05, 0) is 18.2 Å². The number of methoxy groups -OCH3 is 1. The molecule has 1 heterocycles. The molecule has 0 atom stereocenters. The van der Waals surface area contributed by atoms with E-state index in [0.717, 1.165) is 5.69 Å². The minimum atomic E-state index is -3.60. The van der Waals surface area contributed by atoms with E-state index in [1.807, 2.05) is 25.1 Å². The number of fused-ring (bicyclic) bond motifs is 1. The first-order valence-electron chi connectivity index (χ1n) is 6.08. The lowest BCUT2D eigenvalue weighted by Gasteiger charge is -2.23. The van der Waals surface area contributed by atoms with Crippen LogP contribution in [0.4, 0.5) is 11.4 Å². The van der Waals surface area contributed by atoms with Crippen molar-refractivity contribution >= 4 is 27.4 Å². The van der Waals surface area contributed by atoms with Crippen LogP contribution in [0.5, 0.6) is 0 Å². The zero-order chi connectivity index (χ0) is 14.8. The van der Waals surface area contributed by atoms with Crippen LogP contribution in [0.25, 0.3) is 0 Å². The average Bonchev–Trinajstić information content (AvgIpc) is 2.38. The standard InChI is InChI=1S/C12H18N4O3S/c1-16(2)9-4-5-10-11(8-9)20(17,18)15-12(14-10)13-6-7-19-3/h4-5,8H,6-7H2,1-3H3,(H2,13,14,15). The van der Waals surface area contributed by atoms with E-state index < -0.39 is 10.0 Å². The Morgan fingerprint density at radius 2 is 2.10 bits per heavy atom. The van der Waals surface area contributed by atoms with Crippen LogP contribution in [0, 0.1) is 0 Å². The van der Waals surface area contributed by atoms with Crippen molar-refractivity contribution in [2.75, 3.05) is 44.6 Å². The van der Waals surface area contributed by atoms with E-state index in [0.29, 0.717) is 18.8 Å². The van der Waals surface area contributed by atoms with Gasteiger partial charge in [0.2, 0.25) is 5.96 Å². The molecule has 0 amide bonds. The molecule has 0 aromatic heterocycles. The zero-order valence-corrected chi connectivity index (χ0v) is 12.5. The largest absolute Gasteiger partial charge is 0.383 e. The summed E-state index contributed by atoms with van der Waals surface area (Å²) in [5, 5.41) is 2.96. The molecule has 0 aliphatic carbocycles. The first kappa shape index (κ1) is 14.6. The summed E-state index contributed by atoms with van der Waals surface area (Å²) in [5.74, 6) is 0.215. The van der Waals surface area contributed by atoms with Crippen molar-refractivity contribution in [3.8, 4) is 0 Å². The van der Waals surface area contributed by atoms with Gasteiger partial charge >= 0.3 is 0 Å². The first-order valence-corrected chi connectivity index (χ1v) is 7.57. The topological polar surface area (TPSA) is 83.0 Å². The summed E-state index contributed by atoms with van der Waals surface area (Å²) in [6.07, 6.45) is 0. The van der Waals surface area contributed by atoms with Crippen molar-refractivity contribution in [3.05, 3.63) is 18.2 Å². The lowest BCUT2D eigenvalue weighted by Crippen LogP contribution is -2.41. The fourth-order valence-corrected chi connectivity index (χ4v) is 2.94. The number of hydrogen-bond acceptors (Lipinski definition) is 5. The number of nitrogens with zero attached hydrogens (tertiary/aromatic N) is 2. The molecule has 2 rings (SSSR count). The summed E-state index contributed by atoms with van der Waals surface area (Å²) >= 11 is 0. The van der Waals surface area contributed by atoms with Gasteiger partial charge in [-0.25, -0.2) is 18.1 Å². The zero-order valence-electron chi connectivity index (χ0n) is 11.7. The number of benzene rings is 1. The maximum absolute atomic E-state index is 12.2. The number of rotatable bonds is 4. The number of guanidine groups is 1. The van der Waals surface area contributed by atoms with E-state index in [-0.39, 0.29) is 10.9 Å². The fraction of sp³-hybridized carbons (Fsp3) is 0.417. The number of ether oxygens (including phenoxy) is 1. The van der Waals surface area contributed by atoms with Gasteiger partial charge in [0.25, 0.3) is 10.0 Å². The third-order valence-electron chi connectivity index (χ3n) is 2.82. The predicted octanol–water partition coefficient (Wildman–Crippen LogP) is 0.459. The summed E-state index contributed by atoms with van der Waals surface area (Å²) < 4.78 is 31.7. The molecular weight excluding hydrogens is 280 g/mol. The number of nitrogens with one attached hydrogen (secondary N) is 2. The van der Waals surface area contributed by atoms with Gasteiger partial charge in [-0.3, -0.25) is 0 Å². The second-order valence-corrected chi connectivity index (χ2v) is 6.18. The van der Waals surface area contributed by atoms with Gasteiger partial charge in [0, 0.05) is 26.9 Å². The highest BCUT2D eigenvalue weighted by atomic mass is 32.2. The van der Waals surface area contributed by atoms with Gasteiger partial charge in [0.15, 0.2) is 0 Å². The molecule has 0 saturated heterocycles. The van der Waals surface area contributed by atoms with Crippen molar-refractivity contribution in [1.82, 2.24) is 4.72 Å². The lowest BCUT2D eigenvalue weighted by atomic mass is 10.2. The van der Waals surface area contributed by atoms with E-state index in [2.05, 4.69) is 15.0 Å². The number of aliphatic imine (C=N–C) groups is 1. The minimum Gasteiger partial charge on any atom is -0.383 e. The van der Waals surface area contributed by atoms with Gasteiger partial charge in [0.1, 0.15) is 4.90 Å². The normalized spacial score (nSPS) is 18.1. The maximum atomic E-state index is 12.2. The molecule has 8 heteroatoms. The Kier molecular flexibility index (Phi) is 4.15. The van der Waals surface area contributed by atoms with E-state index in [9.17, 15) is 8.42 Å². The molecule has 0 bridgehead atoms. The molecule has 110 valence electrons. The van der Waals surface area contributed by atoms with Gasteiger partial charge in [-0.1, -0.05) is 0 Å². The molecule has 1 aliphatic heterocycles. The number of sulfonamides is 1. The summed E-state index contributed by atoms with van der Waals surface area (Å²) in [4.78, 5) is 6.17. The molecule has 20 heavy (non-hydrogen) atoms. The average molecular weight is 298 g/mol. The summed E-state index contributed by atoms with van der Waals surface area (Å²) in [7, 11) is 1.68. The van der Waals surface area contributed by atoms with Crippen LogP contribution in [0.15, 0.2) is 28.1 Å². The second kappa shape index (κ2) is 5.68. The Balaban J connectivity index is 2.35. The van der Waals surface area contributed by atoms with E-state index in [1.165, 1.54) is 0 Å². The third-order valence-corrected chi connectivity index (χ3v) is 4.20. The smallest absolute Gasteiger partial charge is 0.266 e. The molecule has 1 aromatic carbocycles. The Bertz CT molecular complexity index is 626.